The molecule has 1 aliphatic heterocycles. The predicted octanol–water partition coefficient (Wildman–Crippen LogP) is 1.21. The van der Waals surface area contributed by atoms with Crippen molar-refractivity contribution in [2.45, 2.75) is 20.8 Å². The number of hydrogen-bond acceptors (Lipinski definition) is 3. The molecule has 1 heterocycles. The lowest BCUT2D eigenvalue weighted by Gasteiger charge is -2.22. The molecule has 0 radical (unpaired) electrons. The van der Waals surface area contributed by atoms with Crippen molar-refractivity contribution in [2.75, 3.05) is 19.8 Å². The van der Waals surface area contributed by atoms with Gasteiger partial charge in [0.1, 0.15) is 0 Å². The van der Waals surface area contributed by atoms with E-state index >= 15 is 0 Å². The molecule has 0 aromatic carbocycles. The van der Waals surface area contributed by atoms with Crippen molar-refractivity contribution in [1.29, 1.82) is 0 Å². The monoisotopic (exact) mass is 145 g/mol. The average molecular weight is 145 g/mol. The van der Waals surface area contributed by atoms with E-state index in [4.69, 9.17) is 9.68 Å². The van der Waals surface area contributed by atoms with E-state index in [1.807, 2.05) is 0 Å². The van der Waals surface area contributed by atoms with Crippen LogP contribution in [-0.2, 0) is 9.68 Å². The Hall–Kier alpha value is -0.120. The molecule has 0 atom stereocenters. The van der Waals surface area contributed by atoms with Crippen molar-refractivity contribution < 1.29 is 9.68 Å². The minimum Gasteiger partial charge on any atom is -0.272 e. The molecular formula is C7H15NO2. The van der Waals surface area contributed by atoms with Gasteiger partial charge in [0.05, 0.1) is 19.8 Å². The zero-order valence-electron chi connectivity index (χ0n) is 6.89. The molecule has 0 aromatic heterocycles. The van der Waals surface area contributed by atoms with Crippen molar-refractivity contribution >= 4 is 0 Å². The molecule has 0 N–H and O–H groups in total. The largest absolute Gasteiger partial charge is 0.272 e. The zero-order valence-corrected chi connectivity index (χ0v) is 6.89. The van der Waals surface area contributed by atoms with Crippen LogP contribution in [-0.4, -0.2) is 25.0 Å². The standard InChI is InChI=1S/C7H15NO2/c1-7(2,3)6-8-9-4-5-10-8/h4-6H2,1-3H3. The third-order valence-corrected chi connectivity index (χ3v) is 1.16. The first-order valence-corrected chi connectivity index (χ1v) is 3.61. The van der Waals surface area contributed by atoms with E-state index in [9.17, 15) is 0 Å². The van der Waals surface area contributed by atoms with E-state index in [1.54, 1.807) is 5.23 Å². The van der Waals surface area contributed by atoms with Gasteiger partial charge in [0.15, 0.2) is 0 Å². The Labute approximate surface area is 61.8 Å². The summed E-state index contributed by atoms with van der Waals surface area (Å²) in [4.78, 5) is 10.3. The molecule has 0 amide bonds. The molecule has 0 unspecified atom stereocenters. The van der Waals surface area contributed by atoms with Crippen LogP contribution >= 0.6 is 0 Å². The number of rotatable bonds is 1. The summed E-state index contributed by atoms with van der Waals surface area (Å²) in [6.45, 7) is 8.66. The van der Waals surface area contributed by atoms with Gasteiger partial charge in [-0.15, -0.1) is 0 Å². The van der Waals surface area contributed by atoms with Gasteiger partial charge in [0, 0.05) is 0 Å². The van der Waals surface area contributed by atoms with Crippen molar-refractivity contribution in [3.05, 3.63) is 0 Å². The fourth-order valence-electron chi connectivity index (χ4n) is 0.794. The summed E-state index contributed by atoms with van der Waals surface area (Å²) < 4.78 is 0. The highest BCUT2D eigenvalue weighted by molar-refractivity contribution is 4.61. The average Bonchev–Trinajstić information content (AvgIpc) is 2.12. The highest BCUT2D eigenvalue weighted by atomic mass is 17.0. The van der Waals surface area contributed by atoms with Crippen LogP contribution in [0, 0.1) is 5.41 Å². The molecule has 3 nitrogen and oxygen atoms in total. The van der Waals surface area contributed by atoms with Gasteiger partial charge < -0.3 is 0 Å². The smallest absolute Gasteiger partial charge is 0.0966 e. The van der Waals surface area contributed by atoms with Crippen LogP contribution in [0.15, 0.2) is 0 Å². The van der Waals surface area contributed by atoms with Gasteiger partial charge >= 0.3 is 0 Å². The molecule has 1 saturated heterocycles. The third-order valence-electron chi connectivity index (χ3n) is 1.16. The highest BCUT2D eigenvalue weighted by Gasteiger charge is 2.20. The third kappa shape index (κ3) is 2.64. The molecule has 1 fully saturated rings. The van der Waals surface area contributed by atoms with E-state index in [0.717, 1.165) is 6.54 Å². The first-order chi connectivity index (χ1) is 4.58. The van der Waals surface area contributed by atoms with E-state index in [2.05, 4.69) is 20.8 Å². The van der Waals surface area contributed by atoms with Gasteiger partial charge in [0.25, 0.3) is 0 Å². The van der Waals surface area contributed by atoms with Crippen LogP contribution in [0.3, 0.4) is 0 Å². The van der Waals surface area contributed by atoms with Gasteiger partial charge in [-0.25, -0.2) is 0 Å². The summed E-state index contributed by atoms with van der Waals surface area (Å²) in [5, 5.41) is 1.57. The van der Waals surface area contributed by atoms with Crippen molar-refractivity contribution in [3.63, 3.8) is 0 Å². The summed E-state index contributed by atoms with van der Waals surface area (Å²) in [7, 11) is 0. The second kappa shape index (κ2) is 2.86. The molecule has 60 valence electrons. The van der Waals surface area contributed by atoms with Gasteiger partial charge in [-0.3, -0.25) is 9.68 Å². The summed E-state index contributed by atoms with van der Waals surface area (Å²) in [5.41, 5.74) is 0.240. The Bertz CT molecular complexity index is 103. The van der Waals surface area contributed by atoms with Gasteiger partial charge in [-0.2, -0.15) is 0 Å². The maximum absolute atomic E-state index is 5.14. The number of hydroxylamine groups is 2. The molecule has 3 heteroatoms. The summed E-state index contributed by atoms with van der Waals surface area (Å²) in [6.07, 6.45) is 0. The van der Waals surface area contributed by atoms with Crippen LogP contribution in [0.1, 0.15) is 20.8 Å². The highest BCUT2D eigenvalue weighted by Crippen LogP contribution is 2.17. The number of hydrogen-bond donors (Lipinski definition) is 0. The lowest BCUT2D eigenvalue weighted by Crippen LogP contribution is -2.28. The van der Waals surface area contributed by atoms with Gasteiger partial charge in [0.2, 0.25) is 0 Å². The van der Waals surface area contributed by atoms with Crippen molar-refractivity contribution in [2.24, 2.45) is 5.41 Å². The summed E-state index contributed by atoms with van der Waals surface area (Å²) in [5.74, 6) is 0. The van der Waals surface area contributed by atoms with Crippen LogP contribution in [0.5, 0.6) is 0 Å². The molecule has 0 aromatic rings. The molecule has 0 bridgehead atoms. The Morgan fingerprint density at radius 1 is 1.20 bits per heavy atom. The van der Waals surface area contributed by atoms with E-state index < -0.39 is 0 Å². The Kier molecular flexibility index (Phi) is 2.28. The molecule has 10 heavy (non-hydrogen) atoms. The van der Waals surface area contributed by atoms with E-state index in [0.29, 0.717) is 13.2 Å². The maximum Gasteiger partial charge on any atom is 0.0966 e. The lowest BCUT2D eigenvalue weighted by atomic mass is 9.97. The molecule has 1 rings (SSSR count). The molecule has 0 spiro atoms. The van der Waals surface area contributed by atoms with Crippen molar-refractivity contribution in [3.8, 4) is 0 Å². The Morgan fingerprint density at radius 2 is 1.70 bits per heavy atom. The van der Waals surface area contributed by atoms with Crippen LogP contribution in [0.4, 0.5) is 0 Å². The Morgan fingerprint density at radius 3 is 2.10 bits per heavy atom. The fraction of sp³-hybridized carbons (Fsp3) is 1.00. The lowest BCUT2D eigenvalue weighted by molar-refractivity contribution is -0.308. The van der Waals surface area contributed by atoms with Gasteiger partial charge in [-0.05, 0) is 5.41 Å². The van der Waals surface area contributed by atoms with Gasteiger partial charge in [-0.1, -0.05) is 26.0 Å². The van der Waals surface area contributed by atoms with E-state index in [1.165, 1.54) is 0 Å². The minimum absolute atomic E-state index is 0.240. The first-order valence-electron chi connectivity index (χ1n) is 3.61. The minimum atomic E-state index is 0.240. The second-order valence-electron chi connectivity index (χ2n) is 3.72. The topological polar surface area (TPSA) is 21.7 Å². The first kappa shape index (κ1) is 7.98. The maximum atomic E-state index is 5.14. The SMILES string of the molecule is CC(C)(C)CN1OCCO1. The van der Waals surface area contributed by atoms with Crippen LogP contribution < -0.4 is 0 Å². The van der Waals surface area contributed by atoms with Crippen molar-refractivity contribution in [1.82, 2.24) is 5.23 Å². The number of nitrogens with zero attached hydrogens (tertiary/aromatic N) is 1. The molecule has 1 aliphatic rings. The summed E-state index contributed by atoms with van der Waals surface area (Å²) in [6, 6.07) is 0. The van der Waals surface area contributed by atoms with E-state index in [-0.39, 0.29) is 5.41 Å². The molecule has 0 aliphatic carbocycles. The van der Waals surface area contributed by atoms with Crippen LogP contribution in [0.25, 0.3) is 0 Å². The Balaban J connectivity index is 2.24. The molecular weight excluding hydrogens is 130 g/mol. The normalized spacial score (nSPS) is 21.9. The quantitative estimate of drug-likeness (QED) is 0.553. The molecule has 0 saturated carbocycles. The van der Waals surface area contributed by atoms with Crippen LogP contribution in [0.2, 0.25) is 0 Å². The fourth-order valence-corrected chi connectivity index (χ4v) is 0.794. The zero-order chi connectivity index (χ0) is 7.61. The second-order valence-corrected chi connectivity index (χ2v) is 3.72. The summed E-state index contributed by atoms with van der Waals surface area (Å²) >= 11 is 0. The predicted molar refractivity (Wildman–Crippen MR) is 38.1 cm³/mol.